The summed E-state index contributed by atoms with van der Waals surface area (Å²) < 4.78 is 6.41. The molecule has 2 rings (SSSR count). The number of phenols is 1. The molecule has 0 aliphatic carbocycles. The van der Waals surface area contributed by atoms with Crippen LogP contribution < -0.4 is 5.43 Å². The van der Waals surface area contributed by atoms with E-state index < -0.39 is 5.91 Å². The number of rotatable bonds is 3. The maximum atomic E-state index is 11.6. The summed E-state index contributed by atoms with van der Waals surface area (Å²) in [6, 6.07) is 6.49. The first-order valence-corrected chi connectivity index (χ1v) is 6.71. The first-order chi connectivity index (χ1) is 9.06. The lowest BCUT2D eigenvalue weighted by atomic mass is 10.2. The van der Waals surface area contributed by atoms with E-state index in [1.165, 1.54) is 24.6 Å². The van der Waals surface area contributed by atoms with Crippen LogP contribution in [-0.2, 0) is 0 Å². The van der Waals surface area contributed by atoms with Gasteiger partial charge in [0.15, 0.2) is 5.76 Å². The molecule has 1 aromatic carbocycles. The highest BCUT2D eigenvalue weighted by Gasteiger charge is 2.08. The van der Waals surface area contributed by atoms with E-state index in [4.69, 9.17) is 4.42 Å². The molecule has 2 N–H and O–H groups in total. The van der Waals surface area contributed by atoms with Crippen molar-refractivity contribution >= 4 is 44.0 Å². The third kappa shape index (κ3) is 3.68. The molecule has 0 fully saturated rings. The molecule has 0 atom stereocenters. The number of hydrogen-bond acceptors (Lipinski definition) is 4. The topological polar surface area (TPSA) is 74.8 Å². The molecule has 0 spiro atoms. The van der Waals surface area contributed by atoms with Crippen molar-refractivity contribution in [2.45, 2.75) is 0 Å². The predicted octanol–water partition coefficient (Wildman–Crippen LogP) is 3.27. The van der Waals surface area contributed by atoms with Crippen molar-refractivity contribution in [2.24, 2.45) is 5.10 Å². The van der Waals surface area contributed by atoms with Crippen LogP contribution >= 0.6 is 31.9 Å². The van der Waals surface area contributed by atoms with Gasteiger partial charge in [-0.25, -0.2) is 5.43 Å². The molecule has 0 unspecified atom stereocenters. The van der Waals surface area contributed by atoms with Gasteiger partial charge in [-0.05, 0) is 34.1 Å². The molecule has 0 saturated carbocycles. The van der Waals surface area contributed by atoms with Crippen LogP contribution in [0.2, 0.25) is 0 Å². The van der Waals surface area contributed by atoms with E-state index in [0.717, 1.165) is 4.47 Å². The maximum Gasteiger partial charge on any atom is 0.307 e. The van der Waals surface area contributed by atoms with E-state index >= 15 is 0 Å². The zero-order valence-electron chi connectivity index (χ0n) is 9.43. The van der Waals surface area contributed by atoms with Crippen molar-refractivity contribution in [3.63, 3.8) is 0 Å². The van der Waals surface area contributed by atoms with E-state index in [9.17, 15) is 9.90 Å². The number of amides is 1. The van der Waals surface area contributed by atoms with Crippen LogP contribution in [0.15, 0.2) is 49.0 Å². The van der Waals surface area contributed by atoms with E-state index in [-0.39, 0.29) is 11.5 Å². The summed E-state index contributed by atoms with van der Waals surface area (Å²) in [5.41, 5.74) is 2.79. The largest absolute Gasteiger partial charge is 0.507 e. The predicted molar refractivity (Wildman–Crippen MR) is 77.3 cm³/mol. The van der Waals surface area contributed by atoms with Crippen molar-refractivity contribution in [1.82, 2.24) is 5.43 Å². The number of phenolic OH excluding ortho intramolecular Hbond substituents is 1. The Labute approximate surface area is 125 Å². The number of nitrogens with one attached hydrogen (secondary N) is 1. The van der Waals surface area contributed by atoms with Crippen molar-refractivity contribution in [3.8, 4) is 5.75 Å². The number of aromatic hydroxyl groups is 1. The Bertz CT molecular complexity index is 638. The minimum absolute atomic E-state index is 0.0631. The summed E-state index contributed by atoms with van der Waals surface area (Å²) >= 11 is 6.40. The molecule has 5 nitrogen and oxygen atoms in total. The van der Waals surface area contributed by atoms with Gasteiger partial charge in [-0.1, -0.05) is 15.9 Å². The summed E-state index contributed by atoms with van der Waals surface area (Å²) in [4.78, 5) is 11.6. The van der Waals surface area contributed by atoms with Gasteiger partial charge in [0, 0.05) is 16.1 Å². The smallest absolute Gasteiger partial charge is 0.307 e. The second-order valence-electron chi connectivity index (χ2n) is 3.53. The molecule has 0 saturated heterocycles. The number of hydrogen-bond donors (Lipinski definition) is 2. The summed E-state index contributed by atoms with van der Waals surface area (Å²) in [7, 11) is 0. The zero-order chi connectivity index (χ0) is 13.8. The average Bonchev–Trinajstić information content (AvgIpc) is 2.78. The second-order valence-corrected chi connectivity index (χ2v) is 5.36. The van der Waals surface area contributed by atoms with E-state index in [1.807, 2.05) is 0 Å². The third-order valence-corrected chi connectivity index (χ3v) is 3.06. The first kappa shape index (κ1) is 13.8. The van der Waals surface area contributed by atoms with Gasteiger partial charge in [0.2, 0.25) is 0 Å². The Morgan fingerprint density at radius 2 is 2.11 bits per heavy atom. The monoisotopic (exact) mass is 386 g/mol. The lowest BCUT2D eigenvalue weighted by Gasteiger charge is -1.99. The Morgan fingerprint density at radius 3 is 2.74 bits per heavy atom. The quantitative estimate of drug-likeness (QED) is 0.626. The molecule has 0 aliphatic heterocycles. The van der Waals surface area contributed by atoms with Crippen molar-refractivity contribution in [2.75, 3.05) is 0 Å². The van der Waals surface area contributed by atoms with E-state index in [2.05, 4.69) is 42.4 Å². The third-order valence-electron chi connectivity index (χ3n) is 2.15. The van der Waals surface area contributed by atoms with Crippen LogP contribution in [0.4, 0.5) is 0 Å². The Kier molecular flexibility index (Phi) is 4.39. The number of carbonyl (C=O) groups is 1. The van der Waals surface area contributed by atoms with Crippen molar-refractivity contribution in [3.05, 3.63) is 50.8 Å². The van der Waals surface area contributed by atoms with Gasteiger partial charge >= 0.3 is 5.91 Å². The minimum Gasteiger partial charge on any atom is -0.507 e. The standard InChI is InChI=1S/C12H8Br2N2O3/c13-8-2-1-7(10(17)3-8)5-15-16-12(18)11-4-9(14)6-19-11/h1-6,17H,(H,16,18)/b15-5+. The normalized spacial score (nSPS) is 10.8. The molecule has 1 heterocycles. The summed E-state index contributed by atoms with van der Waals surface area (Å²) in [5, 5.41) is 13.4. The Hall–Kier alpha value is -1.60. The number of furan rings is 1. The Balaban J connectivity index is 2.02. The van der Waals surface area contributed by atoms with Crippen LogP contribution in [0.5, 0.6) is 5.75 Å². The zero-order valence-corrected chi connectivity index (χ0v) is 12.6. The van der Waals surface area contributed by atoms with Gasteiger partial charge < -0.3 is 9.52 Å². The number of carbonyl (C=O) groups excluding carboxylic acids is 1. The molecular formula is C12H8Br2N2O3. The van der Waals surface area contributed by atoms with Crippen molar-refractivity contribution < 1.29 is 14.3 Å². The minimum atomic E-state index is -0.474. The summed E-state index contributed by atoms with van der Waals surface area (Å²) in [5.74, 6) is -0.268. The number of hydrazone groups is 1. The lowest BCUT2D eigenvalue weighted by molar-refractivity contribution is 0.0927. The summed E-state index contributed by atoms with van der Waals surface area (Å²) in [6.45, 7) is 0. The highest BCUT2D eigenvalue weighted by atomic mass is 79.9. The fourth-order valence-corrected chi connectivity index (χ4v) is 1.92. The fraction of sp³-hybridized carbons (Fsp3) is 0. The van der Waals surface area contributed by atoms with Gasteiger partial charge in [-0.15, -0.1) is 0 Å². The Morgan fingerprint density at radius 1 is 1.32 bits per heavy atom. The van der Waals surface area contributed by atoms with Crippen LogP contribution in [0.1, 0.15) is 16.1 Å². The van der Waals surface area contributed by atoms with Crippen LogP contribution in [0.25, 0.3) is 0 Å². The molecule has 7 heteroatoms. The highest BCUT2D eigenvalue weighted by Crippen LogP contribution is 2.20. The number of nitrogens with zero attached hydrogens (tertiary/aromatic N) is 1. The molecule has 2 aromatic rings. The molecule has 0 bridgehead atoms. The number of halogens is 2. The molecule has 98 valence electrons. The highest BCUT2D eigenvalue weighted by molar-refractivity contribution is 9.10. The van der Waals surface area contributed by atoms with Gasteiger partial charge in [0.25, 0.3) is 0 Å². The lowest BCUT2D eigenvalue weighted by Crippen LogP contribution is -2.16. The van der Waals surface area contributed by atoms with Gasteiger partial charge in [-0.2, -0.15) is 5.10 Å². The average molecular weight is 388 g/mol. The first-order valence-electron chi connectivity index (χ1n) is 5.12. The van der Waals surface area contributed by atoms with Crippen LogP contribution in [0, 0.1) is 0 Å². The maximum absolute atomic E-state index is 11.6. The molecule has 1 aromatic heterocycles. The SMILES string of the molecule is O=C(N/N=C/c1ccc(Br)cc1O)c1cc(Br)co1. The molecule has 19 heavy (non-hydrogen) atoms. The van der Waals surface area contributed by atoms with Crippen LogP contribution in [-0.4, -0.2) is 17.2 Å². The fourth-order valence-electron chi connectivity index (χ4n) is 1.27. The van der Waals surface area contributed by atoms with E-state index in [0.29, 0.717) is 10.0 Å². The van der Waals surface area contributed by atoms with E-state index in [1.54, 1.807) is 12.1 Å². The number of benzene rings is 1. The van der Waals surface area contributed by atoms with Crippen LogP contribution in [0.3, 0.4) is 0 Å². The van der Waals surface area contributed by atoms with Crippen molar-refractivity contribution in [1.29, 1.82) is 0 Å². The molecule has 0 aliphatic rings. The molecule has 0 radical (unpaired) electrons. The van der Waals surface area contributed by atoms with Gasteiger partial charge in [0.1, 0.15) is 12.0 Å². The summed E-state index contributed by atoms with van der Waals surface area (Å²) in [6.07, 6.45) is 2.75. The second kappa shape index (κ2) is 6.03. The van der Waals surface area contributed by atoms with Gasteiger partial charge in [0.05, 0.1) is 10.7 Å². The molecular weight excluding hydrogens is 380 g/mol. The van der Waals surface area contributed by atoms with Gasteiger partial charge in [-0.3, -0.25) is 4.79 Å². The molecule has 1 amide bonds.